The fourth-order valence-corrected chi connectivity index (χ4v) is 2.57. The van der Waals surface area contributed by atoms with Crippen LogP contribution in [0.2, 0.25) is 0 Å². The Morgan fingerprint density at radius 2 is 1.66 bits per heavy atom. The van der Waals surface area contributed by atoms with E-state index in [4.69, 9.17) is 4.74 Å². The molecule has 0 aliphatic heterocycles. The fraction of sp³-hybridized carbons (Fsp3) is 0.300. The van der Waals surface area contributed by atoms with Gasteiger partial charge in [0.25, 0.3) is 11.8 Å². The van der Waals surface area contributed by atoms with E-state index < -0.39 is 24.4 Å². The van der Waals surface area contributed by atoms with Gasteiger partial charge < -0.3 is 14.6 Å². The minimum atomic E-state index is -0.786. The number of amides is 2. The number of H-pyrrole nitrogens is 1. The number of ketones is 1. The van der Waals surface area contributed by atoms with Crippen molar-refractivity contribution in [1.82, 2.24) is 15.8 Å². The minimum Gasteiger partial charge on any atom is -0.451 e. The standard InChI is InChI=1S/C20H24N4O5/c1-4-24(5-2)16-8-6-14(7-9-16)19(27)23-22-18(26)12-29-20(28)17-10-15(11-21-17)13(3)25/h6-11,21H,4-5,12H2,1-3H3,(H,22,26)(H,23,27). The number of benzene rings is 1. The van der Waals surface area contributed by atoms with Crippen LogP contribution in [0.25, 0.3) is 0 Å². The van der Waals surface area contributed by atoms with Gasteiger partial charge >= 0.3 is 5.97 Å². The first-order valence-electron chi connectivity index (χ1n) is 9.16. The molecule has 1 aromatic carbocycles. The zero-order valence-corrected chi connectivity index (χ0v) is 16.6. The summed E-state index contributed by atoms with van der Waals surface area (Å²) in [5.74, 6) is -2.19. The largest absolute Gasteiger partial charge is 0.451 e. The molecule has 0 spiro atoms. The number of nitrogens with one attached hydrogen (secondary N) is 3. The van der Waals surface area contributed by atoms with Crippen LogP contribution in [0.5, 0.6) is 0 Å². The van der Waals surface area contributed by atoms with Crippen molar-refractivity contribution in [3.63, 3.8) is 0 Å². The molecule has 154 valence electrons. The molecule has 9 nitrogen and oxygen atoms in total. The van der Waals surface area contributed by atoms with Gasteiger partial charge in [-0.1, -0.05) is 0 Å². The minimum absolute atomic E-state index is 0.0559. The second-order valence-electron chi connectivity index (χ2n) is 6.16. The average molecular weight is 400 g/mol. The third-order valence-corrected chi connectivity index (χ3v) is 4.22. The molecule has 0 aliphatic carbocycles. The molecule has 0 unspecified atom stereocenters. The van der Waals surface area contributed by atoms with Crippen LogP contribution in [0.3, 0.4) is 0 Å². The number of nitrogens with zero attached hydrogens (tertiary/aromatic N) is 1. The molecule has 2 aromatic rings. The van der Waals surface area contributed by atoms with Crippen LogP contribution in [0.15, 0.2) is 36.5 Å². The topological polar surface area (TPSA) is 121 Å². The van der Waals surface area contributed by atoms with Gasteiger partial charge in [0, 0.05) is 36.1 Å². The summed E-state index contributed by atoms with van der Waals surface area (Å²) < 4.78 is 4.84. The number of ether oxygens (including phenoxy) is 1. The van der Waals surface area contributed by atoms with Crippen LogP contribution < -0.4 is 15.8 Å². The van der Waals surface area contributed by atoms with Gasteiger partial charge in [0.2, 0.25) is 0 Å². The Labute approximate surface area is 168 Å². The van der Waals surface area contributed by atoms with Gasteiger partial charge in [-0.05, 0) is 51.1 Å². The molecule has 0 saturated carbocycles. The maximum atomic E-state index is 12.1. The highest BCUT2D eigenvalue weighted by Gasteiger charge is 2.14. The predicted molar refractivity (Wildman–Crippen MR) is 107 cm³/mol. The van der Waals surface area contributed by atoms with Crippen LogP contribution in [-0.2, 0) is 9.53 Å². The van der Waals surface area contributed by atoms with Gasteiger partial charge in [0.15, 0.2) is 12.4 Å². The molecule has 2 amide bonds. The van der Waals surface area contributed by atoms with Crippen LogP contribution in [0.1, 0.15) is 52.0 Å². The third-order valence-electron chi connectivity index (χ3n) is 4.22. The number of carbonyl (C=O) groups is 4. The molecule has 1 heterocycles. The Balaban J connectivity index is 1.80. The summed E-state index contributed by atoms with van der Waals surface area (Å²) in [4.78, 5) is 51.7. The van der Waals surface area contributed by atoms with Gasteiger partial charge in [-0.3, -0.25) is 25.2 Å². The number of Topliss-reactive ketones (excluding diaryl/α,β-unsaturated/α-hetero) is 1. The van der Waals surface area contributed by atoms with Gasteiger partial charge in [0.1, 0.15) is 5.69 Å². The highest BCUT2D eigenvalue weighted by atomic mass is 16.5. The van der Waals surface area contributed by atoms with E-state index in [-0.39, 0.29) is 11.5 Å². The molecule has 0 radical (unpaired) electrons. The summed E-state index contributed by atoms with van der Waals surface area (Å²) in [7, 11) is 0. The molecule has 9 heteroatoms. The maximum absolute atomic E-state index is 12.1. The summed E-state index contributed by atoms with van der Waals surface area (Å²) in [6.45, 7) is 6.58. The summed E-state index contributed by atoms with van der Waals surface area (Å²) in [5, 5.41) is 0. The lowest BCUT2D eigenvalue weighted by molar-refractivity contribution is -0.125. The Morgan fingerprint density at radius 1 is 1.00 bits per heavy atom. The van der Waals surface area contributed by atoms with Crippen LogP contribution in [0.4, 0.5) is 5.69 Å². The van der Waals surface area contributed by atoms with E-state index in [9.17, 15) is 19.2 Å². The SMILES string of the molecule is CCN(CC)c1ccc(C(=O)NNC(=O)COC(=O)c2cc(C(C)=O)c[nH]2)cc1. The second-order valence-corrected chi connectivity index (χ2v) is 6.16. The molecule has 0 atom stereocenters. The quantitative estimate of drug-likeness (QED) is 0.352. The number of anilines is 1. The van der Waals surface area contributed by atoms with Crippen LogP contribution in [-0.4, -0.2) is 48.2 Å². The van der Waals surface area contributed by atoms with Gasteiger partial charge in [-0.25, -0.2) is 4.79 Å². The van der Waals surface area contributed by atoms with Crippen LogP contribution in [0, 0.1) is 0 Å². The van der Waals surface area contributed by atoms with E-state index >= 15 is 0 Å². The van der Waals surface area contributed by atoms with E-state index in [1.165, 1.54) is 19.2 Å². The molecule has 1 aromatic heterocycles. The molecule has 0 saturated heterocycles. The number of carbonyl (C=O) groups excluding carboxylic acids is 4. The van der Waals surface area contributed by atoms with E-state index in [0.717, 1.165) is 18.8 Å². The third kappa shape index (κ3) is 5.93. The van der Waals surface area contributed by atoms with E-state index in [2.05, 4.69) is 20.7 Å². The van der Waals surface area contributed by atoms with Crippen molar-refractivity contribution in [2.24, 2.45) is 0 Å². The van der Waals surface area contributed by atoms with Crippen molar-refractivity contribution < 1.29 is 23.9 Å². The molecule has 2 rings (SSSR count). The second kappa shape index (κ2) is 10.1. The summed E-state index contributed by atoms with van der Waals surface area (Å²) in [6, 6.07) is 8.32. The number of rotatable bonds is 8. The lowest BCUT2D eigenvalue weighted by atomic mass is 10.2. The molecular weight excluding hydrogens is 376 g/mol. The number of aromatic amines is 1. The number of hydrazine groups is 1. The van der Waals surface area contributed by atoms with Gasteiger partial charge in [-0.15, -0.1) is 0 Å². The van der Waals surface area contributed by atoms with Crippen molar-refractivity contribution >= 4 is 29.3 Å². The highest BCUT2D eigenvalue weighted by Crippen LogP contribution is 2.14. The van der Waals surface area contributed by atoms with Crippen molar-refractivity contribution in [3.05, 3.63) is 53.3 Å². The lowest BCUT2D eigenvalue weighted by Crippen LogP contribution is -2.43. The van der Waals surface area contributed by atoms with Crippen molar-refractivity contribution in [2.45, 2.75) is 20.8 Å². The first kappa shape index (κ1) is 21.7. The number of aromatic nitrogens is 1. The van der Waals surface area contributed by atoms with Crippen molar-refractivity contribution in [2.75, 3.05) is 24.6 Å². The summed E-state index contributed by atoms with van der Waals surface area (Å²) in [6.07, 6.45) is 1.38. The van der Waals surface area contributed by atoms with Gasteiger partial charge in [-0.2, -0.15) is 0 Å². The number of esters is 1. The Hall–Kier alpha value is -3.62. The van der Waals surface area contributed by atoms with E-state index in [1.807, 2.05) is 26.0 Å². The monoisotopic (exact) mass is 400 g/mol. The Kier molecular flexibility index (Phi) is 7.53. The fourth-order valence-electron chi connectivity index (χ4n) is 2.57. The summed E-state index contributed by atoms with van der Waals surface area (Å²) in [5.41, 5.74) is 6.21. The molecule has 3 N–H and O–H groups in total. The smallest absolute Gasteiger partial charge is 0.355 e. The molecule has 29 heavy (non-hydrogen) atoms. The molecule has 0 fully saturated rings. The average Bonchev–Trinajstić information content (AvgIpc) is 3.22. The predicted octanol–water partition coefficient (Wildman–Crippen LogP) is 1.68. The summed E-state index contributed by atoms with van der Waals surface area (Å²) >= 11 is 0. The Bertz CT molecular complexity index is 885. The van der Waals surface area contributed by atoms with Crippen molar-refractivity contribution in [1.29, 1.82) is 0 Å². The Morgan fingerprint density at radius 3 is 2.21 bits per heavy atom. The highest BCUT2D eigenvalue weighted by molar-refractivity contribution is 5.98. The maximum Gasteiger partial charge on any atom is 0.355 e. The first-order valence-corrected chi connectivity index (χ1v) is 9.16. The van der Waals surface area contributed by atoms with E-state index in [0.29, 0.717) is 11.1 Å². The first-order chi connectivity index (χ1) is 13.8. The zero-order valence-electron chi connectivity index (χ0n) is 16.6. The number of hydrogen-bond donors (Lipinski definition) is 3. The van der Waals surface area contributed by atoms with Gasteiger partial charge in [0.05, 0.1) is 0 Å². The normalized spacial score (nSPS) is 10.2. The molecule has 0 bridgehead atoms. The van der Waals surface area contributed by atoms with E-state index in [1.54, 1.807) is 12.1 Å². The van der Waals surface area contributed by atoms with Crippen molar-refractivity contribution in [3.8, 4) is 0 Å². The number of hydrogen-bond acceptors (Lipinski definition) is 6. The molecule has 0 aliphatic rings. The lowest BCUT2D eigenvalue weighted by Gasteiger charge is -2.21. The van der Waals surface area contributed by atoms with Crippen LogP contribution >= 0.6 is 0 Å². The molecular formula is C20H24N4O5. The zero-order chi connectivity index (χ0) is 21.4.